The van der Waals surface area contributed by atoms with Crippen molar-refractivity contribution in [2.75, 3.05) is 24.5 Å². The zero-order valence-electron chi connectivity index (χ0n) is 17.7. The van der Waals surface area contributed by atoms with Crippen molar-refractivity contribution in [3.8, 4) is 5.69 Å². The molecule has 0 aliphatic carbocycles. The molecule has 0 spiro atoms. The van der Waals surface area contributed by atoms with E-state index in [0.717, 1.165) is 24.0 Å². The lowest BCUT2D eigenvalue weighted by Crippen LogP contribution is -2.44. The number of para-hydroxylation sites is 1. The number of aliphatic imine (C=N–C) groups is 1. The van der Waals surface area contributed by atoms with Gasteiger partial charge in [0.25, 0.3) is 0 Å². The normalized spacial score (nSPS) is 16.0. The minimum atomic E-state index is -0.569. The van der Waals surface area contributed by atoms with E-state index in [-0.39, 0.29) is 30.0 Å². The summed E-state index contributed by atoms with van der Waals surface area (Å²) in [5, 5.41) is 14.9. The quantitative estimate of drug-likeness (QED) is 0.278. The molecule has 32 heavy (non-hydrogen) atoms. The van der Waals surface area contributed by atoms with Gasteiger partial charge in [-0.2, -0.15) is 0 Å². The molecule has 4 rings (SSSR count). The molecule has 10 heteroatoms. The van der Waals surface area contributed by atoms with Gasteiger partial charge in [-0.05, 0) is 37.6 Å². The van der Waals surface area contributed by atoms with Crippen molar-refractivity contribution in [3.63, 3.8) is 0 Å². The Morgan fingerprint density at radius 2 is 2.00 bits per heavy atom. The first-order valence-electron chi connectivity index (χ1n) is 10.3. The molecule has 1 aliphatic heterocycles. The summed E-state index contributed by atoms with van der Waals surface area (Å²) in [5.41, 5.74) is 1.40. The van der Waals surface area contributed by atoms with Gasteiger partial charge in [0.05, 0.1) is 5.69 Å². The number of guanidine groups is 1. The second kappa shape index (κ2) is 11.2. The fourth-order valence-corrected chi connectivity index (χ4v) is 3.67. The summed E-state index contributed by atoms with van der Waals surface area (Å²) in [6.07, 6.45) is 2.49. The van der Waals surface area contributed by atoms with Gasteiger partial charge >= 0.3 is 0 Å². The number of nitrogens with one attached hydrogen (secondary N) is 2. The molecule has 7 nitrogen and oxygen atoms in total. The molecule has 1 fully saturated rings. The number of benzene rings is 2. The summed E-state index contributed by atoms with van der Waals surface area (Å²) in [6.45, 7) is 4.35. The van der Waals surface area contributed by atoms with Gasteiger partial charge in [-0.3, -0.25) is 4.57 Å². The van der Waals surface area contributed by atoms with Crippen LogP contribution in [-0.2, 0) is 6.54 Å². The first-order chi connectivity index (χ1) is 15.1. The van der Waals surface area contributed by atoms with Crippen LogP contribution in [0, 0.1) is 11.6 Å². The van der Waals surface area contributed by atoms with Crippen LogP contribution in [0.5, 0.6) is 0 Å². The summed E-state index contributed by atoms with van der Waals surface area (Å²) < 4.78 is 29.2. The van der Waals surface area contributed by atoms with E-state index in [1.807, 2.05) is 46.7 Å². The van der Waals surface area contributed by atoms with E-state index in [1.54, 1.807) is 6.33 Å². The third kappa shape index (κ3) is 5.72. The van der Waals surface area contributed by atoms with E-state index in [0.29, 0.717) is 37.8 Å². The summed E-state index contributed by atoms with van der Waals surface area (Å²) in [5.74, 6) is 0.280. The molecular formula is C22H26F2IN7. The predicted octanol–water partition coefficient (Wildman–Crippen LogP) is 3.50. The average molecular weight is 553 g/mol. The van der Waals surface area contributed by atoms with Crippen LogP contribution >= 0.6 is 24.0 Å². The fourth-order valence-electron chi connectivity index (χ4n) is 3.67. The highest BCUT2D eigenvalue weighted by molar-refractivity contribution is 14.0. The summed E-state index contributed by atoms with van der Waals surface area (Å²) in [7, 11) is 0. The Morgan fingerprint density at radius 1 is 1.19 bits per heavy atom. The number of aromatic nitrogens is 3. The average Bonchev–Trinajstić information content (AvgIpc) is 3.42. The van der Waals surface area contributed by atoms with Gasteiger partial charge in [-0.15, -0.1) is 34.2 Å². The monoisotopic (exact) mass is 553 g/mol. The van der Waals surface area contributed by atoms with Gasteiger partial charge in [0, 0.05) is 37.4 Å². The van der Waals surface area contributed by atoms with Crippen molar-refractivity contribution in [1.82, 2.24) is 25.4 Å². The smallest absolute Gasteiger partial charge is 0.191 e. The molecule has 2 heterocycles. The highest BCUT2D eigenvalue weighted by atomic mass is 127. The second-order valence-corrected chi connectivity index (χ2v) is 7.32. The Bertz CT molecular complexity index is 1040. The van der Waals surface area contributed by atoms with Gasteiger partial charge in [0.15, 0.2) is 11.8 Å². The van der Waals surface area contributed by atoms with E-state index in [1.165, 1.54) is 12.1 Å². The lowest BCUT2D eigenvalue weighted by molar-refractivity contribution is 0.580. The highest BCUT2D eigenvalue weighted by Crippen LogP contribution is 2.24. The van der Waals surface area contributed by atoms with Crippen molar-refractivity contribution < 1.29 is 8.78 Å². The van der Waals surface area contributed by atoms with Crippen molar-refractivity contribution in [3.05, 3.63) is 72.3 Å². The molecule has 3 aromatic rings. The Labute approximate surface area is 203 Å². The molecule has 170 valence electrons. The van der Waals surface area contributed by atoms with E-state index >= 15 is 0 Å². The van der Waals surface area contributed by atoms with Crippen molar-refractivity contribution in [2.24, 2.45) is 4.99 Å². The van der Waals surface area contributed by atoms with Crippen molar-refractivity contribution >= 4 is 35.6 Å². The number of nitrogens with zero attached hydrogens (tertiary/aromatic N) is 5. The highest BCUT2D eigenvalue weighted by Gasteiger charge is 2.25. The predicted molar refractivity (Wildman–Crippen MR) is 132 cm³/mol. The maximum absolute atomic E-state index is 14.1. The largest absolute Gasteiger partial charge is 0.367 e. The van der Waals surface area contributed by atoms with E-state index in [4.69, 9.17) is 0 Å². The van der Waals surface area contributed by atoms with Gasteiger partial charge in [-0.25, -0.2) is 13.8 Å². The van der Waals surface area contributed by atoms with Crippen LogP contribution in [0.3, 0.4) is 0 Å². The van der Waals surface area contributed by atoms with Crippen LogP contribution in [0.1, 0.15) is 19.2 Å². The summed E-state index contributed by atoms with van der Waals surface area (Å²) >= 11 is 0. The molecule has 2 aromatic carbocycles. The van der Waals surface area contributed by atoms with Crippen molar-refractivity contribution in [2.45, 2.75) is 25.9 Å². The molecule has 0 radical (unpaired) electrons. The molecule has 0 amide bonds. The number of hydrogen-bond donors (Lipinski definition) is 2. The van der Waals surface area contributed by atoms with Crippen molar-refractivity contribution in [1.29, 1.82) is 0 Å². The molecule has 1 aromatic heterocycles. The molecular weight excluding hydrogens is 527 g/mol. The van der Waals surface area contributed by atoms with Gasteiger partial charge in [0.1, 0.15) is 24.5 Å². The number of rotatable bonds is 6. The lowest BCUT2D eigenvalue weighted by Gasteiger charge is -2.21. The molecule has 1 aliphatic rings. The summed E-state index contributed by atoms with van der Waals surface area (Å²) in [6, 6.07) is 13.6. The number of anilines is 1. The Morgan fingerprint density at radius 3 is 2.75 bits per heavy atom. The first-order valence-corrected chi connectivity index (χ1v) is 10.3. The van der Waals surface area contributed by atoms with Crippen LogP contribution in [0.15, 0.2) is 59.9 Å². The summed E-state index contributed by atoms with van der Waals surface area (Å²) in [4.78, 5) is 6.58. The van der Waals surface area contributed by atoms with Gasteiger partial charge in [-0.1, -0.05) is 18.2 Å². The molecule has 0 saturated carbocycles. The third-order valence-corrected chi connectivity index (χ3v) is 5.16. The maximum Gasteiger partial charge on any atom is 0.191 e. The van der Waals surface area contributed by atoms with Crippen LogP contribution in [0.2, 0.25) is 0 Å². The first kappa shape index (κ1) is 23.9. The van der Waals surface area contributed by atoms with E-state index in [9.17, 15) is 8.78 Å². The third-order valence-electron chi connectivity index (χ3n) is 5.16. The topological polar surface area (TPSA) is 70.4 Å². The molecule has 1 atom stereocenters. The van der Waals surface area contributed by atoms with Crippen LogP contribution in [-0.4, -0.2) is 46.4 Å². The fraction of sp³-hybridized carbons (Fsp3) is 0.318. The number of halogens is 3. The zero-order chi connectivity index (χ0) is 21.6. The molecule has 2 N–H and O–H groups in total. The van der Waals surface area contributed by atoms with Crippen LogP contribution in [0.25, 0.3) is 5.69 Å². The van der Waals surface area contributed by atoms with Crippen LogP contribution in [0.4, 0.5) is 14.5 Å². The molecule has 1 saturated heterocycles. The van der Waals surface area contributed by atoms with Crippen LogP contribution < -0.4 is 15.5 Å². The Hall–Kier alpha value is -2.76. The van der Waals surface area contributed by atoms with E-state index < -0.39 is 11.6 Å². The molecule has 1 unspecified atom stereocenters. The minimum absolute atomic E-state index is 0. The lowest BCUT2D eigenvalue weighted by atomic mass is 10.2. The second-order valence-electron chi connectivity index (χ2n) is 7.32. The van der Waals surface area contributed by atoms with E-state index in [2.05, 4.69) is 25.8 Å². The maximum atomic E-state index is 14.1. The Balaban J connectivity index is 0.00000289. The van der Waals surface area contributed by atoms with Gasteiger partial charge in [0.2, 0.25) is 0 Å². The minimum Gasteiger partial charge on any atom is -0.367 e. The standard InChI is InChI=1S/C22H25F2N7.HI/c1-2-25-22(26-13-21-29-27-15-31(21)18-6-4-3-5-7-18)28-17-10-11-30(14-17)20-9-8-16(23)12-19(20)24;/h3-9,12,15,17H,2,10-11,13-14H2,1H3,(H2,25,26,28);1H. The van der Waals surface area contributed by atoms with Gasteiger partial charge < -0.3 is 15.5 Å². The zero-order valence-corrected chi connectivity index (χ0v) is 20.0. The SMILES string of the molecule is CCNC(=NCc1nncn1-c1ccccc1)NC1CCN(c2ccc(F)cc2F)C1.I. The number of hydrogen-bond acceptors (Lipinski definition) is 4. The molecule has 0 bridgehead atoms. The Kier molecular flexibility index (Phi) is 8.37.